The molecule has 0 unspecified atom stereocenters. The largest absolute Gasteiger partial charge is 0.391 e. The molecular formula is C11H18N2O3S2. The van der Waals surface area contributed by atoms with E-state index < -0.39 is 10.0 Å². The number of aliphatic hydroxyl groups is 1. The molecule has 0 aromatic carbocycles. The Hall–Kier alpha value is -0.470. The topological polar surface area (TPSA) is 69.6 Å². The average molecular weight is 290 g/mol. The minimum Gasteiger partial charge on any atom is -0.391 e. The summed E-state index contributed by atoms with van der Waals surface area (Å²) >= 11 is 1.10. The van der Waals surface area contributed by atoms with Crippen molar-refractivity contribution in [1.29, 1.82) is 0 Å². The predicted molar refractivity (Wildman–Crippen MR) is 71.1 cm³/mol. The Morgan fingerprint density at radius 3 is 2.78 bits per heavy atom. The van der Waals surface area contributed by atoms with Crippen LogP contribution in [-0.2, 0) is 16.6 Å². The van der Waals surface area contributed by atoms with Crippen molar-refractivity contribution in [2.75, 3.05) is 20.1 Å². The van der Waals surface area contributed by atoms with Crippen LogP contribution in [0.2, 0.25) is 0 Å². The molecule has 1 saturated carbocycles. The van der Waals surface area contributed by atoms with Gasteiger partial charge in [0.25, 0.3) is 0 Å². The zero-order valence-corrected chi connectivity index (χ0v) is 11.9. The van der Waals surface area contributed by atoms with Gasteiger partial charge in [0, 0.05) is 24.0 Å². The molecule has 2 N–H and O–H groups in total. The van der Waals surface area contributed by atoms with Gasteiger partial charge in [-0.1, -0.05) is 0 Å². The SMILES string of the molecule is CN(CCNS(=O)(=O)c1ccc(CO)s1)C1CC1. The Morgan fingerprint density at radius 2 is 2.22 bits per heavy atom. The standard InChI is InChI=1S/C11H18N2O3S2/c1-13(9-2-3-9)7-6-12-18(15,16)11-5-4-10(8-14)17-11/h4-5,9,12,14H,2-3,6-8H2,1H3. The van der Waals surface area contributed by atoms with Crippen molar-refractivity contribution in [3.63, 3.8) is 0 Å². The molecule has 1 fully saturated rings. The number of nitrogens with one attached hydrogen (secondary N) is 1. The van der Waals surface area contributed by atoms with Gasteiger partial charge >= 0.3 is 0 Å². The molecule has 0 atom stereocenters. The molecular weight excluding hydrogens is 272 g/mol. The second-order valence-electron chi connectivity index (χ2n) is 4.49. The minimum atomic E-state index is -3.42. The number of hydrogen-bond donors (Lipinski definition) is 2. The van der Waals surface area contributed by atoms with Crippen LogP contribution in [-0.4, -0.2) is 44.6 Å². The van der Waals surface area contributed by atoms with Gasteiger partial charge in [0.2, 0.25) is 10.0 Å². The summed E-state index contributed by atoms with van der Waals surface area (Å²) in [6, 6.07) is 3.80. The summed E-state index contributed by atoms with van der Waals surface area (Å²) in [5.74, 6) is 0. The molecule has 0 saturated heterocycles. The molecule has 1 aliphatic carbocycles. The van der Waals surface area contributed by atoms with Crippen molar-refractivity contribution in [2.24, 2.45) is 0 Å². The van der Waals surface area contributed by atoms with Crippen molar-refractivity contribution in [3.05, 3.63) is 17.0 Å². The second kappa shape index (κ2) is 5.66. The van der Waals surface area contributed by atoms with E-state index in [-0.39, 0.29) is 10.8 Å². The van der Waals surface area contributed by atoms with Crippen LogP contribution in [0.1, 0.15) is 17.7 Å². The number of likely N-dealkylation sites (N-methyl/N-ethyl adjacent to an activating group) is 1. The molecule has 1 aliphatic rings. The molecule has 1 aromatic rings. The highest BCUT2D eigenvalue weighted by molar-refractivity contribution is 7.91. The highest BCUT2D eigenvalue weighted by Crippen LogP contribution is 2.25. The van der Waals surface area contributed by atoms with E-state index >= 15 is 0 Å². The van der Waals surface area contributed by atoms with E-state index in [2.05, 4.69) is 9.62 Å². The molecule has 0 bridgehead atoms. The van der Waals surface area contributed by atoms with Crippen molar-refractivity contribution < 1.29 is 13.5 Å². The van der Waals surface area contributed by atoms with E-state index in [1.165, 1.54) is 18.9 Å². The van der Waals surface area contributed by atoms with Crippen LogP contribution in [0.5, 0.6) is 0 Å². The van der Waals surface area contributed by atoms with Crippen LogP contribution >= 0.6 is 11.3 Å². The number of nitrogens with zero attached hydrogens (tertiary/aromatic N) is 1. The van der Waals surface area contributed by atoms with Gasteiger partial charge in [0.05, 0.1) is 6.61 Å². The summed E-state index contributed by atoms with van der Waals surface area (Å²) in [4.78, 5) is 2.83. The van der Waals surface area contributed by atoms with E-state index in [0.717, 1.165) is 17.9 Å². The monoisotopic (exact) mass is 290 g/mol. The first-order chi connectivity index (χ1) is 8.53. The minimum absolute atomic E-state index is 0.120. The van der Waals surface area contributed by atoms with Gasteiger partial charge in [-0.25, -0.2) is 13.1 Å². The van der Waals surface area contributed by atoms with Gasteiger partial charge < -0.3 is 10.0 Å². The summed E-state index contributed by atoms with van der Waals surface area (Å²) in [6.45, 7) is 1.02. The first-order valence-corrected chi connectivity index (χ1v) is 8.22. The lowest BCUT2D eigenvalue weighted by atomic mass is 10.5. The lowest BCUT2D eigenvalue weighted by Gasteiger charge is -2.15. The van der Waals surface area contributed by atoms with Gasteiger partial charge in [0.1, 0.15) is 4.21 Å². The third-order valence-electron chi connectivity index (χ3n) is 2.98. The molecule has 5 nitrogen and oxygen atoms in total. The fourth-order valence-electron chi connectivity index (χ4n) is 1.71. The number of hydrogen-bond acceptors (Lipinski definition) is 5. The van der Waals surface area contributed by atoms with E-state index in [4.69, 9.17) is 5.11 Å². The summed E-state index contributed by atoms with van der Waals surface area (Å²) in [5, 5.41) is 8.92. The molecule has 0 radical (unpaired) electrons. The van der Waals surface area contributed by atoms with Gasteiger partial charge in [-0.2, -0.15) is 0 Å². The summed E-state index contributed by atoms with van der Waals surface area (Å²) < 4.78 is 26.7. The summed E-state index contributed by atoms with van der Waals surface area (Å²) in [5.41, 5.74) is 0. The maximum atomic E-state index is 11.9. The molecule has 1 aromatic heterocycles. The molecule has 18 heavy (non-hydrogen) atoms. The normalized spacial score (nSPS) is 16.4. The second-order valence-corrected chi connectivity index (χ2v) is 7.65. The third-order valence-corrected chi connectivity index (χ3v) is 6.01. The number of aliphatic hydroxyl groups excluding tert-OH is 1. The Morgan fingerprint density at radius 1 is 1.50 bits per heavy atom. The molecule has 0 amide bonds. The number of rotatable bonds is 7. The fourth-order valence-corrected chi connectivity index (χ4v) is 3.99. The fraction of sp³-hybridized carbons (Fsp3) is 0.636. The van der Waals surface area contributed by atoms with Gasteiger partial charge in [-0.05, 0) is 32.0 Å². The van der Waals surface area contributed by atoms with E-state index in [9.17, 15) is 8.42 Å². The Bertz CT molecular complexity index is 494. The lowest BCUT2D eigenvalue weighted by molar-refractivity contribution is 0.285. The van der Waals surface area contributed by atoms with Gasteiger partial charge in [-0.3, -0.25) is 0 Å². The zero-order chi connectivity index (χ0) is 13.2. The van der Waals surface area contributed by atoms with Crippen molar-refractivity contribution in [2.45, 2.75) is 29.7 Å². The highest BCUT2D eigenvalue weighted by Gasteiger charge is 2.26. The average Bonchev–Trinajstić information content (AvgIpc) is 3.06. The lowest BCUT2D eigenvalue weighted by Crippen LogP contribution is -2.33. The van der Waals surface area contributed by atoms with E-state index in [0.29, 0.717) is 17.5 Å². The van der Waals surface area contributed by atoms with Gasteiger partial charge in [-0.15, -0.1) is 11.3 Å². The van der Waals surface area contributed by atoms with Crippen LogP contribution in [0, 0.1) is 0 Å². The van der Waals surface area contributed by atoms with Crippen LogP contribution in [0.3, 0.4) is 0 Å². The Balaban J connectivity index is 1.86. The van der Waals surface area contributed by atoms with Crippen LogP contribution in [0.15, 0.2) is 16.3 Å². The van der Waals surface area contributed by atoms with Crippen molar-refractivity contribution in [1.82, 2.24) is 9.62 Å². The zero-order valence-electron chi connectivity index (χ0n) is 10.3. The van der Waals surface area contributed by atoms with Crippen molar-refractivity contribution >= 4 is 21.4 Å². The molecule has 0 spiro atoms. The third kappa shape index (κ3) is 3.52. The smallest absolute Gasteiger partial charge is 0.250 e. The molecule has 102 valence electrons. The maximum Gasteiger partial charge on any atom is 0.250 e. The number of thiophene rings is 1. The van der Waals surface area contributed by atoms with E-state index in [1.807, 2.05) is 7.05 Å². The van der Waals surface area contributed by atoms with Gasteiger partial charge in [0.15, 0.2) is 0 Å². The Labute approximate surface area is 111 Å². The summed E-state index contributed by atoms with van der Waals surface area (Å²) in [6.07, 6.45) is 2.43. The predicted octanol–water partition coefficient (Wildman–Crippen LogP) is 0.613. The Kier molecular flexibility index (Phi) is 4.39. The highest BCUT2D eigenvalue weighted by atomic mass is 32.2. The maximum absolute atomic E-state index is 11.9. The van der Waals surface area contributed by atoms with E-state index in [1.54, 1.807) is 6.07 Å². The van der Waals surface area contributed by atoms with Crippen LogP contribution < -0.4 is 4.72 Å². The number of sulfonamides is 1. The summed E-state index contributed by atoms with van der Waals surface area (Å²) in [7, 11) is -1.40. The molecule has 1 heterocycles. The molecule has 2 rings (SSSR count). The first kappa shape index (κ1) is 14.0. The van der Waals surface area contributed by atoms with Crippen LogP contribution in [0.4, 0.5) is 0 Å². The molecule has 7 heteroatoms. The van der Waals surface area contributed by atoms with Crippen LogP contribution in [0.25, 0.3) is 0 Å². The first-order valence-electron chi connectivity index (χ1n) is 5.92. The quantitative estimate of drug-likeness (QED) is 0.772. The van der Waals surface area contributed by atoms with Crippen molar-refractivity contribution in [3.8, 4) is 0 Å². The molecule has 0 aliphatic heterocycles.